The Morgan fingerprint density at radius 3 is 1.78 bits per heavy atom. The van der Waals surface area contributed by atoms with Crippen molar-refractivity contribution in [3.8, 4) is 0 Å². The average molecular weight is 487 g/mol. The first-order chi connectivity index (χ1) is 17.8. The first kappa shape index (κ1) is 22.2. The van der Waals surface area contributed by atoms with Gasteiger partial charge in [-0.15, -0.1) is 11.3 Å². The van der Waals surface area contributed by atoms with Crippen LogP contribution in [0, 0.1) is 5.82 Å². The van der Waals surface area contributed by atoms with E-state index in [2.05, 4.69) is 53.9 Å². The number of nitrogens with zero attached hydrogens (tertiary/aromatic N) is 2. The van der Waals surface area contributed by atoms with E-state index in [9.17, 15) is 4.39 Å². The predicted molar refractivity (Wildman–Crippen MR) is 148 cm³/mol. The van der Waals surface area contributed by atoms with Crippen LogP contribution >= 0.6 is 11.3 Å². The second-order valence-corrected chi connectivity index (χ2v) is 9.60. The summed E-state index contributed by atoms with van der Waals surface area (Å²) in [6, 6.07) is 40.0. The van der Waals surface area contributed by atoms with Crippen LogP contribution in [0.3, 0.4) is 0 Å². The number of aromatic nitrogens is 2. The summed E-state index contributed by atoms with van der Waals surface area (Å²) in [6.45, 7) is 0. The SMILES string of the molecule is Fc1ccc2c(/C=C/c3cccs3)nn(C(c3ccccc3)(c3ccccc3)c3ccccc3)c2c1. The molecule has 4 aromatic carbocycles. The zero-order chi connectivity index (χ0) is 24.4. The molecule has 0 fully saturated rings. The van der Waals surface area contributed by atoms with Crippen LogP contribution in [-0.4, -0.2) is 9.78 Å². The Morgan fingerprint density at radius 1 is 0.667 bits per heavy atom. The Kier molecular flexibility index (Phi) is 5.80. The van der Waals surface area contributed by atoms with E-state index < -0.39 is 5.54 Å². The molecule has 0 radical (unpaired) electrons. The number of hydrogen-bond acceptors (Lipinski definition) is 2. The van der Waals surface area contributed by atoms with Gasteiger partial charge in [0.15, 0.2) is 0 Å². The second-order valence-electron chi connectivity index (χ2n) is 8.62. The number of fused-ring (bicyclic) bond motifs is 1. The van der Waals surface area contributed by atoms with E-state index in [4.69, 9.17) is 5.10 Å². The molecule has 0 unspecified atom stereocenters. The van der Waals surface area contributed by atoms with Crippen LogP contribution in [0.25, 0.3) is 23.1 Å². The molecule has 0 aliphatic heterocycles. The van der Waals surface area contributed by atoms with Crippen molar-refractivity contribution >= 4 is 34.4 Å². The van der Waals surface area contributed by atoms with Gasteiger partial charge in [0.1, 0.15) is 11.4 Å². The van der Waals surface area contributed by atoms with Gasteiger partial charge in [0.05, 0.1) is 11.2 Å². The molecule has 0 aliphatic carbocycles. The monoisotopic (exact) mass is 486 g/mol. The van der Waals surface area contributed by atoms with Gasteiger partial charge in [-0.3, -0.25) is 0 Å². The number of halogens is 1. The van der Waals surface area contributed by atoms with Crippen LogP contribution in [-0.2, 0) is 5.54 Å². The fourth-order valence-electron chi connectivity index (χ4n) is 4.94. The number of rotatable bonds is 6. The van der Waals surface area contributed by atoms with Crippen molar-refractivity contribution in [3.05, 3.63) is 160 Å². The third kappa shape index (κ3) is 3.76. The molecule has 174 valence electrons. The molecule has 0 saturated heterocycles. The van der Waals surface area contributed by atoms with Crippen molar-refractivity contribution < 1.29 is 4.39 Å². The molecule has 4 heteroatoms. The molecule has 6 aromatic rings. The normalized spacial score (nSPS) is 11.9. The van der Waals surface area contributed by atoms with E-state index >= 15 is 0 Å². The van der Waals surface area contributed by atoms with Crippen molar-refractivity contribution in [2.45, 2.75) is 5.54 Å². The summed E-state index contributed by atoms with van der Waals surface area (Å²) in [5, 5.41) is 8.15. The third-order valence-corrected chi connectivity index (χ3v) is 7.35. The molecule has 0 bridgehead atoms. The Morgan fingerprint density at radius 2 is 1.25 bits per heavy atom. The van der Waals surface area contributed by atoms with Crippen LogP contribution in [0.1, 0.15) is 27.3 Å². The predicted octanol–water partition coefficient (Wildman–Crippen LogP) is 8.25. The highest BCUT2D eigenvalue weighted by atomic mass is 32.1. The molecular formula is C32H23FN2S. The zero-order valence-electron chi connectivity index (χ0n) is 19.5. The van der Waals surface area contributed by atoms with Crippen molar-refractivity contribution in [2.75, 3.05) is 0 Å². The molecule has 0 saturated carbocycles. The maximum Gasteiger partial charge on any atom is 0.138 e. The van der Waals surface area contributed by atoms with Gasteiger partial charge < -0.3 is 0 Å². The summed E-state index contributed by atoms with van der Waals surface area (Å²) in [4.78, 5) is 1.14. The average Bonchev–Trinajstić information content (AvgIpc) is 3.58. The fourth-order valence-corrected chi connectivity index (χ4v) is 5.56. The first-order valence-corrected chi connectivity index (χ1v) is 12.7. The lowest BCUT2D eigenvalue weighted by molar-refractivity contribution is 0.474. The van der Waals surface area contributed by atoms with Crippen LogP contribution in [0.2, 0.25) is 0 Å². The summed E-state index contributed by atoms with van der Waals surface area (Å²) >= 11 is 1.67. The molecule has 2 nitrogen and oxygen atoms in total. The molecule has 0 amide bonds. The highest BCUT2D eigenvalue weighted by molar-refractivity contribution is 7.10. The summed E-state index contributed by atoms with van der Waals surface area (Å²) < 4.78 is 16.8. The number of hydrogen-bond donors (Lipinski definition) is 0. The third-order valence-electron chi connectivity index (χ3n) is 6.51. The minimum absolute atomic E-state index is 0.291. The highest BCUT2D eigenvalue weighted by Crippen LogP contribution is 2.43. The molecule has 2 aromatic heterocycles. The van der Waals surface area contributed by atoms with E-state index in [-0.39, 0.29) is 5.82 Å². The second kappa shape index (κ2) is 9.40. The van der Waals surface area contributed by atoms with Gasteiger partial charge in [-0.2, -0.15) is 5.10 Å². The minimum atomic E-state index is -0.815. The smallest absolute Gasteiger partial charge is 0.138 e. The Bertz CT molecular complexity index is 1520. The molecule has 0 aliphatic rings. The largest absolute Gasteiger partial charge is 0.245 e. The summed E-state index contributed by atoms with van der Waals surface area (Å²) in [6.07, 6.45) is 4.09. The molecule has 2 heterocycles. The number of benzene rings is 4. The Hall–Kier alpha value is -4.28. The van der Waals surface area contributed by atoms with Gasteiger partial charge in [0.25, 0.3) is 0 Å². The van der Waals surface area contributed by atoms with Crippen molar-refractivity contribution in [2.24, 2.45) is 0 Å². The maximum absolute atomic E-state index is 14.8. The molecule has 0 atom stereocenters. The highest BCUT2D eigenvalue weighted by Gasteiger charge is 2.40. The van der Waals surface area contributed by atoms with Crippen LogP contribution in [0.5, 0.6) is 0 Å². The minimum Gasteiger partial charge on any atom is -0.245 e. The van der Waals surface area contributed by atoms with E-state index in [1.165, 1.54) is 6.07 Å². The first-order valence-electron chi connectivity index (χ1n) is 11.8. The fraction of sp³-hybridized carbons (Fsp3) is 0.0312. The van der Waals surface area contributed by atoms with Gasteiger partial charge in [0.2, 0.25) is 0 Å². The molecular weight excluding hydrogens is 463 g/mol. The van der Waals surface area contributed by atoms with Gasteiger partial charge in [-0.25, -0.2) is 9.07 Å². The summed E-state index contributed by atoms with van der Waals surface area (Å²) in [5.41, 5.74) is 3.85. The standard InChI is InChI=1S/C32H23FN2S/c33-27-18-20-29-30(21-19-28-17-10-22-36-28)34-35(31(29)23-27)32(24-11-4-1-5-12-24,25-13-6-2-7-14-25)26-15-8-3-9-16-26/h1-23H/b21-19+. The summed E-state index contributed by atoms with van der Waals surface area (Å²) in [7, 11) is 0. The van der Waals surface area contributed by atoms with E-state index in [0.29, 0.717) is 0 Å². The number of thiophene rings is 1. The van der Waals surface area contributed by atoms with E-state index in [1.807, 2.05) is 77.5 Å². The lowest BCUT2D eigenvalue weighted by atomic mass is 9.77. The van der Waals surface area contributed by atoms with Crippen molar-refractivity contribution in [1.29, 1.82) is 0 Å². The van der Waals surface area contributed by atoms with Crippen LogP contribution in [0.4, 0.5) is 4.39 Å². The lowest BCUT2D eigenvalue weighted by Gasteiger charge is -2.37. The molecule has 0 N–H and O–H groups in total. The van der Waals surface area contributed by atoms with E-state index in [1.54, 1.807) is 17.4 Å². The lowest BCUT2D eigenvalue weighted by Crippen LogP contribution is -2.38. The molecule has 0 spiro atoms. The van der Waals surface area contributed by atoms with Crippen LogP contribution in [0.15, 0.2) is 127 Å². The van der Waals surface area contributed by atoms with Gasteiger partial charge in [-0.1, -0.05) is 97.1 Å². The topological polar surface area (TPSA) is 17.8 Å². The van der Waals surface area contributed by atoms with Gasteiger partial charge in [-0.05, 0) is 58.5 Å². The van der Waals surface area contributed by atoms with Crippen LogP contribution < -0.4 is 0 Å². The van der Waals surface area contributed by atoms with Crippen molar-refractivity contribution in [3.63, 3.8) is 0 Å². The van der Waals surface area contributed by atoms with E-state index in [0.717, 1.165) is 38.2 Å². The Labute approximate surface area is 213 Å². The van der Waals surface area contributed by atoms with Gasteiger partial charge >= 0.3 is 0 Å². The summed E-state index contributed by atoms with van der Waals surface area (Å²) in [5.74, 6) is -0.291. The Balaban J connectivity index is 1.73. The maximum atomic E-state index is 14.8. The zero-order valence-corrected chi connectivity index (χ0v) is 20.3. The molecule has 36 heavy (non-hydrogen) atoms. The quantitative estimate of drug-likeness (QED) is 0.217. The van der Waals surface area contributed by atoms with Gasteiger partial charge in [0, 0.05) is 10.3 Å². The molecule has 6 rings (SSSR count). The van der Waals surface area contributed by atoms with Crippen molar-refractivity contribution in [1.82, 2.24) is 9.78 Å².